The number of carbonyl (C=O) groups is 3. The van der Waals surface area contributed by atoms with Crippen molar-refractivity contribution in [1.29, 1.82) is 0 Å². The molecule has 1 saturated heterocycles. The summed E-state index contributed by atoms with van der Waals surface area (Å²) in [6.07, 6.45) is 13.6. The minimum atomic E-state index is -0.284. The number of anilines is 1. The van der Waals surface area contributed by atoms with Crippen molar-refractivity contribution >= 4 is 30.3 Å². The molecule has 3 amide bonds. The van der Waals surface area contributed by atoms with Gasteiger partial charge in [0.1, 0.15) is 11.5 Å². The number of hydrogen-bond donors (Lipinski definition) is 1. The molecule has 0 saturated carbocycles. The van der Waals surface area contributed by atoms with Crippen LogP contribution in [0.25, 0.3) is 0 Å². The number of carbonyl (C=O) groups excluding carboxylic acids is 3. The Hall–Kier alpha value is -3.55. The molecule has 0 spiro atoms. The summed E-state index contributed by atoms with van der Waals surface area (Å²) in [7, 11) is 0. The Balaban J connectivity index is 1.81. The molecule has 38 heavy (non-hydrogen) atoms. The number of rotatable bonds is 10. The second kappa shape index (κ2) is 13.8. The molecule has 8 nitrogen and oxygen atoms in total. The summed E-state index contributed by atoms with van der Waals surface area (Å²) in [4.78, 5) is 49.9. The molecule has 1 aromatic rings. The number of aromatic nitrogens is 1. The first-order chi connectivity index (χ1) is 18.3. The zero-order chi connectivity index (χ0) is 27.7. The van der Waals surface area contributed by atoms with Crippen LogP contribution in [0.2, 0.25) is 0 Å². The van der Waals surface area contributed by atoms with E-state index in [9.17, 15) is 14.4 Å². The second-order valence-corrected chi connectivity index (χ2v) is 10.1. The van der Waals surface area contributed by atoms with Gasteiger partial charge in [0.25, 0.3) is 0 Å². The van der Waals surface area contributed by atoms with Gasteiger partial charge in [-0.15, -0.1) is 0 Å². The third-order valence-corrected chi connectivity index (χ3v) is 6.93. The Labute approximate surface area is 226 Å². The Kier molecular flexibility index (Phi) is 10.6. The summed E-state index contributed by atoms with van der Waals surface area (Å²) < 4.78 is 0. The lowest BCUT2D eigenvalue weighted by Gasteiger charge is -2.29. The topological polar surface area (TPSA) is 95.0 Å². The van der Waals surface area contributed by atoms with Crippen LogP contribution in [0, 0.1) is 5.92 Å². The minimum Gasteiger partial charge on any atom is -0.338 e. The number of aliphatic imine (C=N–C) groups is 1. The van der Waals surface area contributed by atoms with Gasteiger partial charge in [-0.1, -0.05) is 26.8 Å². The van der Waals surface area contributed by atoms with Gasteiger partial charge in [0.15, 0.2) is 6.29 Å². The van der Waals surface area contributed by atoms with E-state index in [1.165, 1.54) is 0 Å². The van der Waals surface area contributed by atoms with Crippen LogP contribution >= 0.6 is 0 Å². The summed E-state index contributed by atoms with van der Waals surface area (Å²) >= 11 is 0. The zero-order valence-corrected chi connectivity index (χ0v) is 23.4. The second-order valence-electron chi connectivity index (χ2n) is 10.1. The van der Waals surface area contributed by atoms with Crippen molar-refractivity contribution in [2.45, 2.75) is 79.7 Å². The number of pyridine rings is 1. The average molecular weight is 520 g/mol. The predicted octanol–water partition coefficient (Wildman–Crippen LogP) is 5.74. The van der Waals surface area contributed by atoms with Gasteiger partial charge in [-0.3, -0.25) is 19.5 Å². The van der Waals surface area contributed by atoms with Gasteiger partial charge in [-0.05, 0) is 81.2 Å². The maximum Gasteiger partial charge on any atom is 0.327 e. The van der Waals surface area contributed by atoms with E-state index < -0.39 is 0 Å². The van der Waals surface area contributed by atoms with Crippen molar-refractivity contribution < 1.29 is 14.4 Å². The predicted molar refractivity (Wildman–Crippen MR) is 152 cm³/mol. The minimum absolute atomic E-state index is 0.103. The number of likely N-dealkylation sites (tertiary alicyclic amines) is 1. The number of amides is 3. The molecule has 204 valence electrons. The number of nitrogens with zero attached hydrogens (tertiary/aromatic N) is 4. The summed E-state index contributed by atoms with van der Waals surface area (Å²) in [6, 6.07) is 1.65. The fourth-order valence-corrected chi connectivity index (χ4v) is 4.55. The molecular formula is C30H41N5O3. The molecule has 0 radical (unpaired) electrons. The molecule has 3 heterocycles. The number of hydrogen-bond acceptors (Lipinski definition) is 5. The number of urea groups is 1. The van der Waals surface area contributed by atoms with Crippen molar-refractivity contribution in [3.63, 3.8) is 0 Å². The summed E-state index contributed by atoms with van der Waals surface area (Å²) in [5.41, 5.74) is 4.45. The first-order valence-corrected chi connectivity index (χ1v) is 13.7. The highest BCUT2D eigenvalue weighted by Gasteiger charge is 2.27. The number of aryl methyl sites for hydroxylation is 1. The molecule has 0 aliphatic carbocycles. The number of allylic oxidation sites excluding steroid dienone is 5. The molecule has 8 heteroatoms. The van der Waals surface area contributed by atoms with Crippen LogP contribution in [0.4, 0.5) is 10.6 Å². The van der Waals surface area contributed by atoms with Crippen molar-refractivity contribution in [3.8, 4) is 0 Å². The fourth-order valence-electron chi connectivity index (χ4n) is 4.55. The van der Waals surface area contributed by atoms with Crippen LogP contribution in [-0.2, 0) is 17.8 Å². The van der Waals surface area contributed by atoms with Crippen LogP contribution in [0.15, 0.2) is 46.3 Å². The highest BCUT2D eigenvalue weighted by Crippen LogP contribution is 2.28. The van der Waals surface area contributed by atoms with E-state index in [1.54, 1.807) is 9.80 Å². The van der Waals surface area contributed by atoms with Crippen LogP contribution in [-0.4, -0.2) is 47.4 Å². The molecule has 0 aromatic carbocycles. The number of nitrogens with one attached hydrogen (secondary N) is 1. The van der Waals surface area contributed by atoms with E-state index in [4.69, 9.17) is 0 Å². The lowest BCUT2D eigenvalue weighted by atomic mass is 10.0. The third kappa shape index (κ3) is 7.49. The van der Waals surface area contributed by atoms with Gasteiger partial charge >= 0.3 is 6.03 Å². The van der Waals surface area contributed by atoms with Crippen LogP contribution < -0.4 is 10.2 Å². The Morgan fingerprint density at radius 3 is 2.63 bits per heavy atom. The molecule has 2 aliphatic heterocycles. The smallest absolute Gasteiger partial charge is 0.327 e. The molecular weight excluding hydrogens is 478 g/mol. The van der Waals surface area contributed by atoms with E-state index in [0.29, 0.717) is 49.8 Å². The first kappa shape index (κ1) is 29.0. The van der Waals surface area contributed by atoms with Gasteiger partial charge < -0.3 is 10.2 Å². The molecule has 1 fully saturated rings. The highest BCUT2D eigenvalue weighted by atomic mass is 16.2. The van der Waals surface area contributed by atoms with Gasteiger partial charge in [0, 0.05) is 43.5 Å². The van der Waals surface area contributed by atoms with Crippen LogP contribution in [0.3, 0.4) is 0 Å². The lowest BCUT2D eigenvalue weighted by molar-refractivity contribution is -0.128. The van der Waals surface area contributed by atoms with Gasteiger partial charge in [0.05, 0.1) is 5.70 Å². The monoisotopic (exact) mass is 519 g/mol. The van der Waals surface area contributed by atoms with E-state index in [-0.39, 0.29) is 17.6 Å². The zero-order valence-electron chi connectivity index (χ0n) is 23.4. The quantitative estimate of drug-likeness (QED) is 0.242. The molecule has 2 aliphatic rings. The first-order valence-electron chi connectivity index (χ1n) is 13.7. The highest BCUT2D eigenvalue weighted by molar-refractivity contribution is 5.94. The Morgan fingerprint density at radius 1 is 1.21 bits per heavy atom. The SMILES string of the molecule is CC/C=C/C(N=CC(C)CC)=C(C)\C=C(/C)NC(=O)N1CCCc2cc(CN3CCCC3=O)c(C=O)nc21. The maximum absolute atomic E-state index is 13.3. The van der Waals surface area contributed by atoms with Crippen molar-refractivity contribution in [3.05, 3.63) is 58.1 Å². The Morgan fingerprint density at radius 2 is 1.97 bits per heavy atom. The van der Waals surface area contributed by atoms with E-state index in [1.807, 2.05) is 38.3 Å². The molecule has 1 unspecified atom stereocenters. The van der Waals surface area contributed by atoms with Crippen molar-refractivity contribution in [2.75, 3.05) is 18.0 Å². The Bertz CT molecular complexity index is 1160. The number of aldehydes is 1. The molecule has 1 N–H and O–H groups in total. The average Bonchev–Trinajstić information content (AvgIpc) is 3.31. The fraction of sp³-hybridized carbons (Fsp3) is 0.500. The summed E-state index contributed by atoms with van der Waals surface area (Å²) in [5.74, 6) is 1.00. The van der Waals surface area contributed by atoms with E-state index in [0.717, 1.165) is 54.5 Å². The standard InChI is InChI=1S/C30H41N5O3/c1-6-8-12-26(31-18-21(3)7-2)22(4)16-23(5)32-30(38)35-15-9-11-24-17-25(27(20-36)33-29(24)35)19-34-14-10-13-28(34)37/h8,12,16-18,20-21H,6-7,9-11,13-15,19H2,1-5H3,(H,32,38)/b12-8+,23-16+,26-22+,31-18?. The summed E-state index contributed by atoms with van der Waals surface area (Å²) in [6.45, 7) is 11.8. The molecule has 1 aromatic heterocycles. The maximum atomic E-state index is 13.3. The number of fused-ring (bicyclic) bond motifs is 1. The van der Waals surface area contributed by atoms with E-state index in [2.05, 4.69) is 42.1 Å². The van der Waals surface area contributed by atoms with Crippen molar-refractivity contribution in [2.24, 2.45) is 10.9 Å². The summed E-state index contributed by atoms with van der Waals surface area (Å²) in [5, 5.41) is 2.98. The normalized spacial score (nSPS) is 17.7. The lowest BCUT2D eigenvalue weighted by Crippen LogP contribution is -2.43. The van der Waals surface area contributed by atoms with Gasteiger partial charge in [0.2, 0.25) is 5.91 Å². The van der Waals surface area contributed by atoms with Gasteiger partial charge in [-0.25, -0.2) is 9.78 Å². The third-order valence-electron chi connectivity index (χ3n) is 6.93. The van der Waals surface area contributed by atoms with Crippen LogP contribution in [0.1, 0.15) is 88.3 Å². The molecule has 0 bridgehead atoms. The molecule has 1 atom stereocenters. The largest absolute Gasteiger partial charge is 0.338 e. The molecule has 3 rings (SSSR count). The van der Waals surface area contributed by atoms with Gasteiger partial charge in [-0.2, -0.15) is 0 Å². The van der Waals surface area contributed by atoms with E-state index >= 15 is 0 Å². The van der Waals surface area contributed by atoms with Crippen molar-refractivity contribution in [1.82, 2.24) is 15.2 Å². The van der Waals surface area contributed by atoms with Crippen LogP contribution in [0.5, 0.6) is 0 Å².